The summed E-state index contributed by atoms with van der Waals surface area (Å²) in [7, 11) is 1.65. The number of nitrogens with one attached hydrogen (secondary N) is 1. The van der Waals surface area contributed by atoms with Gasteiger partial charge in [0.2, 0.25) is 0 Å². The second-order valence-corrected chi connectivity index (χ2v) is 4.96. The number of ether oxygens (including phenoxy) is 1. The predicted molar refractivity (Wildman–Crippen MR) is 71.6 cm³/mol. The third kappa shape index (κ3) is 1.85. The van der Waals surface area contributed by atoms with Gasteiger partial charge >= 0.3 is 0 Å². The molecule has 0 spiro atoms. The molecule has 1 N–H and O–H groups in total. The molecule has 2 aromatic heterocycles. The quantitative estimate of drug-likeness (QED) is 0.907. The third-order valence-corrected chi connectivity index (χ3v) is 3.76. The van der Waals surface area contributed by atoms with Gasteiger partial charge in [-0.15, -0.1) is 0 Å². The second kappa shape index (κ2) is 4.78. The molecule has 1 unspecified atom stereocenters. The maximum Gasteiger partial charge on any atom is 0.158 e. The molecule has 1 fully saturated rings. The third-order valence-electron chi connectivity index (χ3n) is 3.49. The molecule has 1 aliphatic heterocycles. The van der Waals surface area contributed by atoms with Gasteiger partial charge in [-0.1, -0.05) is 11.6 Å². The smallest absolute Gasteiger partial charge is 0.158 e. The van der Waals surface area contributed by atoms with Crippen molar-refractivity contribution in [3.63, 3.8) is 0 Å². The van der Waals surface area contributed by atoms with E-state index in [0.29, 0.717) is 11.1 Å². The highest BCUT2D eigenvalue weighted by Gasteiger charge is 2.22. The maximum atomic E-state index is 6.25. The lowest BCUT2D eigenvalue weighted by molar-refractivity contribution is 0.417. The monoisotopic (exact) mass is 265 g/mol. The zero-order chi connectivity index (χ0) is 12.5. The van der Waals surface area contributed by atoms with Gasteiger partial charge in [0.15, 0.2) is 5.15 Å². The first-order chi connectivity index (χ1) is 8.81. The normalized spacial score (nSPS) is 20.2. The Balaban J connectivity index is 2.12. The molecule has 0 bridgehead atoms. The average molecular weight is 266 g/mol. The molecule has 4 nitrogen and oxygen atoms in total. The van der Waals surface area contributed by atoms with Crippen LogP contribution < -0.4 is 10.1 Å². The highest BCUT2D eigenvalue weighted by Crippen LogP contribution is 2.32. The summed E-state index contributed by atoms with van der Waals surface area (Å²) in [4.78, 5) is 4.53. The number of pyridine rings is 1. The van der Waals surface area contributed by atoms with E-state index >= 15 is 0 Å². The van der Waals surface area contributed by atoms with E-state index in [0.717, 1.165) is 36.6 Å². The van der Waals surface area contributed by atoms with E-state index in [-0.39, 0.29) is 0 Å². The van der Waals surface area contributed by atoms with Crippen LogP contribution in [0.3, 0.4) is 0 Å². The number of piperidine rings is 1. The van der Waals surface area contributed by atoms with Crippen LogP contribution in [0.15, 0.2) is 18.3 Å². The van der Waals surface area contributed by atoms with Crippen LogP contribution in [0.1, 0.15) is 24.6 Å². The number of aromatic nitrogens is 2. The van der Waals surface area contributed by atoms with Crippen LogP contribution in [-0.4, -0.2) is 29.6 Å². The molecular weight excluding hydrogens is 250 g/mol. The summed E-state index contributed by atoms with van der Waals surface area (Å²) in [6, 6.07) is 3.87. The van der Waals surface area contributed by atoms with Gasteiger partial charge in [0.05, 0.1) is 7.11 Å². The summed E-state index contributed by atoms with van der Waals surface area (Å²) in [6.45, 7) is 2.06. The Morgan fingerprint density at radius 1 is 1.56 bits per heavy atom. The standard InChI is InChI=1S/C13H16ClN3O/c1-18-10-5-3-7-17-11(10)12(14)16-13(17)9-4-2-6-15-8-9/h3,5,7,9,15H,2,4,6,8H2,1H3. The first-order valence-electron chi connectivity index (χ1n) is 6.22. The van der Waals surface area contributed by atoms with Crippen LogP contribution in [0.2, 0.25) is 5.15 Å². The number of imidazole rings is 1. The number of rotatable bonds is 2. The summed E-state index contributed by atoms with van der Waals surface area (Å²) in [6.07, 6.45) is 4.33. The van der Waals surface area contributed by atoms with Crippen LogP contribution in [0.4, 0.5) is 0 Å². The molecule has 1 saturated heterocycles. The lowest BCUT2D eigenvalue weighted by atomic mass is 9.99. The van der Waals surface area contributed by atoms with E-state index in [4.69, 9.17) is 16.3 Å². The molecule has 3 heterocycles. The predicted octanol–water partition coefficient (Wildman–Crippen LogP) is 2.46. The van der Waals surface area contributed by atoms with Crippen molar-refractivity contribution in [1.82, 2.24) is 14.7 Å². The van der Waals surface area contributed by atoms with E-state index < -0.39 is 0 Å². The van der Waals surface area contributed by atoms with Crippen molar-refractivity contribution in [3.05, 3.63) is 29.3 Å². The van der Waals surface area contributed by atoms with Crippen molar-refractivity contribution in [2.24, 2.45) is 0 Å². The fraction of sp³-hybridized carbons (Fsp3) is 0.462. The fourth-order valence-corrected chi connectivity index (χ4v) is 2.88. The van der Waals surface area contributed by atoms with Crippen molar-refractivity contribution in [1.29, 1.82) is 0 Å². The van der Waals surface area contributed by atoms with Crippen LogP contribution in [-0.2, 0) is 0 Å². The number of fused-ring (bicyclic) bond motifs is 1. The Labute approximate surface area is 111 Å². The average Bonchev–Trinajstić information content (AvgIpc) is 2.77. The zero-order valence-corrected chi connectivity index (χ0v) is 11.1. The van der Waals surface area contributed by atoms with E-state index in [2.05, 4.69) is 14.7 Å². The molecule has 96 valence electrons. The molecule has 1 aliphatic rings. The summed E-state index contributed by atoms with van der Waals surface area (Å²) >= 11 is 6.25. The van der Waals surface area contributed by atoms with E-state index in [1.807, 2.05) is 18.3 Å². The number of nitrogens with zero attached hydrogens (tertiary/aromatic N) is 2. The van der Waals surface area contributed by atoms with Crippen molar-refractivity contribution < 1.29 is 4.74 Å². The Bertz CT molecular complexity index is 561. The van der Waals surface area contributed by atoms with Gasteiger partial charge in [-0.3, -0.25) is 4.40 Å². The maximum absolute atomic E-state index is 6.25. The van der Waals surface area contributed by atoms with E-state index in [1.54, 1.807) is 7.11 Å². The largest absolute Gasteiger partial charge is 0.494 e. The molecule has 2 aromatic rings. The number of methoxy groups -OCH3 is 1. The van der Waals surface area contributed by atoms with Gasteiger partial charge in [-0.05, 0) is 31.5 Å². The Morgan fingerprint density at radius 2 is 2.44 bits per heavy atom. The van der Waals surface area contributed by atoms with E-state index in [1.165, 1.54) is 6.42 Å². The minimum atomic E-state index is 0.422. The van der Waals surface area contributed by atoms with E-state index in [9.17, 15) is 0 Å². The topological polar surface area (TPSA) is 38.6 Å². The minimum absolute atomic E-state index is 0.422. The summed E-state index contributed by atoms with van der Waals surface area (Å²) in [5.41, 5.74) is 0.863. The molecule has 0 aromatic carbocycles. The van der Waals surface area contributed by atoms with Crippen molar-refractivity contribution in [2.45, 2.75) is 18.8 Å². The van der Waals surface area contributed by atoms with Crippen molar-refractivity contribution >= 4 is 17.1 Å². The molecule has 18 heavy (non-hydrogen) atoms. The van der Waals surface area contributed by atoms with Crippen LogP contribution in [0, 0.1) is 0 Å². The molecule has 3 rings (SSSR count). The molecule has 0 radical (unpaired) electrons. The van der Waals surface area contributed by atoms with Crippen molar-refractivity contribution in [3.8, 4) is 5.75 Å². The van der Waals surface area contributed by atoms with Crippen LogP contribution >= 0.6 is 11.6 Å². The Kier molecular flexibility index (Phi) is 3.14. The second-order valence-electron chi connectivity index (χ2n) is 4.60. The number of hydrogen-bond donors (Lipinski definition) is 1. The highest BCUT2D eigenvalue weighted by atomic mass is 35.5. The lowest BCUT2D eigenvalue weighted by Gasteiger charge is -2.21. The van der Waals surface area contributed by atoms with Gasteiger partial charge in [0, 0.05) is 18.7 Å². The molecule has 0 aliphatic carbocycles. The zero-order valence-electron chi connectivity index (χ0n) is 10.3. The minimum Gasteiger partial charge on any atom is -0.494 e. The molecule has 1 atom stereocenters. The van der Waals surface area contributed by atoms with Crippen LogP contribution in [0.5, 0.6) is 5.75 Å². The first kappa shape index (κ1) is 11.8. The van der Waals surface area contributed by atoms with Gasteiger partial charge in [-0.25, -0.2) is 4.98 Å². The van der Waals surface area contributed by atoms with Crippen molar-refractivity contribution in [2.75, 3.05) is 20.2 Å². The molecular formula is C13H16ClN3O. The molecule has 5 heteroatoms. The van der Waals surface area contributed by atoms with Gasteiger partial charge in [0.25, 0.3) is 0 Å². The summed E-state index contributed by atoms with van der Waals surface area (Å²) in [5, 5.41) is 3.93. The lowest BCUT2D eigenvalue weighted by Crippen LogP contribution is -2.29. The highest BCUT2D eigenvalue weighted by molar-refractivity contribution is 6.33. The summed E-state index contributed by atoms with van der Waals surface area (Å²) in [5.74, 6) is 2.22. The SMILES string of the molecule is COc1cccn2c(C3CCCNC3)nc(Cl)c12. The summed E-state index contributed by atoms with van der Waals surface area (Å²) < 4.78 is 7.40. The van der Waals surface area contributed by atoms with Gasteiger partial charge in [0.1, 0.15) is 17.1 Å². The number of halogens is 1. The first-order valence-corrected chi connectivity index (χ1v) is 6.60. The molecule has 0 amide bonds. The Morgan fingerprint density at radius 3 is 3.17 bits per heavy atom. The fourth-order valence-electron chi connectivity index (χ4n) is 2.61. The van der Waals surface area contributed by atoms with Gasteiger partial charge in [-0.2, -0.15) is 0 Å². The van der Waals surface area contributed by atoms with Crippen LogP contribution in [0.25, 0.3) is 5.52 Å². The molecule has 0 saturated carbocycles. The van der Waals surface area contributed by atoms with Gasteiger partial charge < -0.3 is 10.1 Å². The number of hydrogen-bond acceptors (Lipinski definition) is 3. The Hall–Kier alpha value is -1.26.